The maximum atomic E-state index is 5.74. The van der Waals surface area contributed by atoms with Crippen molar-refractivity contribution in [3.63, 3.8) is 0 Å². The van der Waals surface area contributed by atoms with E-state index in [2.05, 4.69) is 27.5 Å². The summed E-state index contributed by atoms with van der Waals surface area (Å²) in [5.41, 5.74) is 2.03. The maximum Gasteiger partial charge on any atom is 0.315 e. The van der Waals surface area contributed by atoms with Crippen LogP contribution in [0.2, 0.25) is 0 Å². The molecule has 0 bridgehead atoms. The Balaban J connectivity index is 1.55. The average molecular weight is 341 g/mol. The van der Waals surface area contributed by atoms with Crippen LogP contribution in [0.5, 0.6) is 5.75 Å². The van der Waals surface area contributed by atoms with Crippen molar-refractivity contribution in [2.45, 2.75) is 26.2 Å². The molecule has 0 aliphatic carbocycles. The number of benzene rings is 1. The van der Waals surface area contributed by atoms with Gasteiger partial charge in [-0.25, -0.2) is 0 Å². The van der Waals surface area contributed by atoms with E-state index in [-0.39, 0.29) is 0 Å². The number of hydrogen-bond acceptors (Lipinski definition) is 6. The van der Waals surface area contributed by atoms with Crippen molar-refractivity contribution in [2.24, 2.45) is 7.05 Å². The molecule has 0 aliphatic rings. The van der Waals surface area contributed by atoms with Crippen molar-refractivity contribution in [3.05, 3.63) is 42.2 Å². The van der Waals surface area contributed by atoms with Crippen molar-refractivity contribution < 1.29 is 9.15 Å². The average Bonchev–Trinajstić information content (AvgIpc) is 3.26. The molecule has 0 aliphatic heterocycles. The number of nitrogens with one attached hydrogen (secondary N) is 1. The zero-order chi connectivity index (χ0) is 17.5. The van der Waals surface area contributed by atoms with E-state index in [1.165, 1.54) is 5.56 Å². The molecule has 1 aromatic carbocycles. The van der Waals surface area contributed by atoms with Gasteiger partial charge in [0.25, 0.3) is 5.89 Å². The number of ether oxygens (including phenoxy) is 1. The molecule has 25 heavy (non-hydrogen) atoms. The van der Waals surface area contributed by atoms with Gasteiger partial charge < -0.3 is 14.5 Å². The van der Waals surface area contributed by atoms with Gasteiger partial charge in [0.05, 0.1) is 18.4 Å². The molecule has 2 aromatic heterocycles. The number of nitrogens with zero attached hydrogens (tertiary/aromatic N) is 4. The Morgan fingerprint density at radius 1 is 1.24 bits per heavy atom. The minimum atomic E-state index is 0.423. The smallest absolute Gasteiger partial charge is 0.315 e. The van der Waals surface area contributed by atoms with Gasteiger partial charge in [-0.05, 0) is 37.0 Å². The third kappa shape index (κ3) is 4.59. The van der Waals surface area contributed by atoms with Crippen LogP contribution < -0.4 is 10.1 Å². The summed E-state index contributed by atoms with van der Waals surface area (Å²) >= 11 is 0. The largest absolute Gasteiger partial charge is 0.493 e. The molecule has 3 aromatic rings. The van der Waals surface area contributed by atoms with Gasteiger partial charge in [-0.3, -0.25) is 4.68 Å². The van der Waals surface area contributed by atoms with Gasteiger partial charge in [-0.2, -0.15) is 5.10 Å². The van der Waals surface area contributed by atoms with Crippen LogP contribution in [0.1, 0.15) is 25.3 Å². The van der Waals surface area contributed by atoms with Crippen molar-refractivity contribution in [2.75, 3.05) is 18.5 Å². The molecule has 7 nitrogen and oxygen atoms in total. The van der Waals surface area contributed by atoms with Gasteiger partial charge in [0, 0.05) is 19.8 Å². The van der Waals surface area contributed by atoms with Crippen LogP contribution in [-0.2, 0) is 13.5 Å². The highest BCUT2D eigenvalue weighted by Crippen LogP contribution is 2.29. The summed E-state index contributed by atoms with van der Waals surface area (Å²) in [6, 6.07) is 8.12. The number of anilines is 1. The third-order valence-corrected chi connectivity index (χ3v) is 3.68. The Bertz CT molecular complexity index is 796. The Kier molecular flexibility index (Phi) is 5.66. The number of aryl methyl sites for hydroxylation is 2. The molecule has 7 heteroatoms. The van der Waals surface area contributed by atoms with Gasteiger partial charge in [0.1, 0.15) is 5.75 Å². The van der Waals surface area contributed by atoms with Crippen LogP contribution in [-0.4, -0.2) is 33.1 Å². The molecule has 0 atom stereocenters. The molecule has 2 heterocycles. The lowest BCUT2D eigenvalue weighted by atomic mass is 10.2. The van der Waals surface area contributed by atoms with Crippen LogP contribution in [0, 0.1) is 0 Å². The van der Waals surface area contributed by atoms with E-state index < -0.39 is 0 Å². The normalized spacial score (nSPS) is 10.8. The lowest BCUT2D eigenvalue weighted by Gasteiger charge is -2.07. The van der Waals surface area contributed by atoms with Gasteiger partial charge in [0.2, 0.25) is 0 Å². The molecule has 0 saturated heterocycles. The third-order valence-electron chi connectivity index (χ3n) is 3.68. The fourth-order valence-electron chi connectivity index (χ4n) is 2.47. The number of aromatic nitrogens is 4. The molecule has 0 saturated carbocycles. The zero-order valence-electron chi connectivity index (χ0n) is 14.6. The molecule has 3 rings (SSSR count). The van der Waals surface area contributed by atoms with E-state index in [0.717, 1.165) is 37.1 Å². The summed E-state index contributed by atoms with van der Waals surface area (Å²) < 4.78 is 13.3. The predicted octanol–water partition coefficient (Wildman–Crippen LogP) is 3.30. The Labute approximate surface area is 147 Å². The first-order valence-corrected chi connectivity index (χ1v) is 8.53. The minimum Gasteiger partial charge on any atom is -0.493 e. The Hall–Kier alpha value is -2.83. The van der Waals surface area contributed by atoms with E-state index in [1.54, 1.807) is 0 Å². The van der Waals surface area contributed by atoms with Crippen molar-refractivity contribution in [1.82, 2.24) is 20.0 Å². The van der Waals surface area contributed by atoms with E-state index in [9.17, 15) is 0 Å². The van der Waals surface area contributed by atoms with Gasteiger partial charge in [-0.1, -0.05) is 24.2 Å². The summed E-state index contributed by atoms with van der Waals surface area (Å²) in [4.78, 5) is 0. The SMILES string of the molecule is CCCOc1ccccc1-c1nnc(NCCCc2cnn(C)c2)o1. The zero-order valence-corrected chi connectivity index (χ0v) is 14.6. The Morgan fingerprint density at radius 3 is 2.92 bits per heavy atom. The van der Waals surface area contributed by atoms with Crippen molar-refractivity contribution in [1.29, 1.82) is 0 Å². The van der Waals surface area contributed by atoms with E-state index >= 15 is 0 Å². The first kappa shape index (κ1) is 17.0. The molecule has 0 unspecified atom stereocenters. The topological polar surface area (TPSA) is 78.0 Å². The molecule has 132 valence electrons. The highest BCUT2D eigenvalue weighted by molar-refractivity contribution is 5.62. The van der Waals surface area contributed by atoms with Crippen LogP contribution >= 0.6 is 0 Å². The maximum absolute atomic E-state index is 5.74. The number of hydrogen-bond donors (Lipinski definition) is 1. The van der Waals surface area contributed by atoms with E-state index in [1.807, 2.05) is 48.4 Å². The first-order valence-electron chi connectivity index (χ1n) is 8.53. The van der Waals surface area contributed by atoms with Gasteiger partial charge in [0.15, 0.2) is 0 Å². The molecule has 0 radical (unpaired) electrons. The van der Waals surface area contributed by atoms with Crippen LogP contribution in [0.4, 0.5) is 6.01 Å². The van der Waals surface area contributed by atoms with Crippen molar-refractivity contribution >= 4 is 6.01 Å². The summed E-state index contributed by atoms with van der Waals surface area (Å²) in [6.45, 7) is 3.48. The standard InChI is InChI=1S/C18H23N5O2/c1-3-11-24-16-9-5-4-8-15(16)17-21-22-18(25-17)19-10-6-7-14-12-20-23(2)13-14/h4-5,8-9,12-13H,3,6-7,10-11H2,1-2H3,(H,19,22). The van der Waals surface area contributed by atoms with Crippen LogP contribution in [0.15, 0.2) is 41.1 Å². The first-order chi connectivity index (χ1) is 12.3. The van der Waals surface area contributed by atoms with Crippen LogP contribution in [0.3, 0.4) is 0 Å². The molecule has 0 fully saturated rings. The second-order valence-corrected chi connectivity index (χ2v) is 5.81. The van der Waals surface area contributed by atoms with Crippen molar-refractivity contribution in [3.8, 4) is 17.2 Å². The summed E-state index contributed by atoms with van der Waals surface area (Å²) in [5, 5.41) is 15.5. The Morgan fingerprint density at radius 2 is 2.12 bits per heavy atom. The summed E-state index contributed by atoms with van der Waals surface area (Å²) in [5.74, 6) is 1.22. The second kappa shape index (κ2) is 8.32. The molecule has 0 spiro atoms. The van der Waals surface area contributed by atoms with Crippen LogP contribution in [0.25, 0.3) is 11.5 Å². The van der Waals surface area contributed by atoms with E-state index in [4.69, 9.17) is 9.15 Å². The van der Waals surface area contributed by atoms with E-state index in [0.29, 0.717) is 18.5 Å². The summed E-state index contributed by atoms with van der Waals surface area (Å²) in [7, 11) is 1.92. The quantitative estimate of drug-likeness (QED) is 0.602. The monoisotopic (exact) mass is 341 g/mol. The highest BCUT2D eigenvalue weighted by Gasteiger charge is 2.13. The second-order valence-electron chi connectivity index (χ2n) is 5.81. The molecule has 1 N–H and O–H groups in total. The molecule has 0 amide bonds. The fraction of sp³-hybridized carbons (Fsp3) is 0.389. The lowest BCUT2D eigenvalue weighted by molar-refractivity contribution is 0.318. The minimum absolute atomic E-state index is 0.423. The lowest BCUT2D eigenvalue weighted by Crippen LogP contribution is -2.02. The highest BCUT2D eigenvalue weighted by atomic mass is 16.5. The number of rotatable bonds is 9. The molecular formula is C18H23N5O2. The predicted molar refractivity (Wildman–Crippen MR) is 95.5 cm³/mol. The van der Waals surface area contributed by atoms with Gasteiger partial charge in [-0.15, -0.1) is 5.10 Å². The molecular weight excluding hydrogens is 318 g/mol. The number of para-hydroxylation sites is 1. The fourth-order valence-corrected chi connectivity index (χ4v) is 2.47. The van der Waals surface area contributed by atoms with Gasteiger partial charge >= 0.3 is 6.01 Å². The summed E-state index contributed by atoms with van der Waals surface area (Å²) in [6.07, 6.45) is 6.77.